The lowest BCUT2D eigenvalue weighted by molar-refractivity contribution is 0.0812. The molecular weight excluding hydrogens is 330 g/mol. The number of carbonyl (C=O) groups is 1. The van der Waals surface area contributed by atoms with Gasteiger partial charge in [0.25, 0.3) is 5.91 Å². The molecule has 1 amide bonds. The number of hydrogen-bond donors (Lipinski definition) is 2. The zero-order valence-corrected chi connectivity index (χ0v) is 14.6. The van der Waals surface area contributed by atoms with Crippen LogP contribution in [0.3, 0.4) is 0 Å². The second-order valence-corrected chi connectivity index (χ2v) is 6.75. The number of benzene rings is 1. The molecule has 2 N–H and O–H groups in total. The number of hydrogen-bond acceptors (Lipinski definition) is 5. The number of fused-ring (bicyclic) bond motifs is 1. The molecule has 0 spiro atoms. The van der Waals surface area contributed by atoms with Crippen LogP contribution in [-0.4, -0.2) is 36.2 Å². The van der Waals surface area contributed by atoms with Gasteiger partial charge in [0.1, 0.15) is 18.5 Å². The average molecular weight is 353 g/mol. The predicted molar refractivity (Wildman–Crippen MR) is 98.8 cm³/mol. The molecule has 1 fully saturated rings. The van der Waals surface area contributed by atoms with Gasteiger partial charge < -0.3 is 20.1 Å². The summed E-state index contributed by atoms with van der Waals surface area (Å²) in [4.78, 5) is 16.6. The molecule has 0 unspecified atom stereocenters. The number of aromatic nitrogens is 1. The number of carbonyl (C=O) groups excluding carboxylic acids is 1. The van der Waals surface area contributed by atoms with E-state index in [0.717, 1.165) is 17.3 Å². The molecular formula is C20H23N3O3. The second-order valence-electron chi connectivity index (χ2n) is 6.75. The van der Waals surface area contributed by atoms with Crippen molar-refractivity contribution >= 4 is 11.7 Å². The van der Waals surface area contributed by atoms with Crippen LogP contribution in [0.5, 0.6) is 11.5 Å². The Bertz CT molecular complexity index is 759. The van der Waals surface area contributed by atoms with E-state index < -0.39 is 0 Å². The normalized spacial score (nSPS) is 18.7. The fourth-order valence-corrected chi connectivity index (χ4v) is 3.03. The quantitative estimate of drug-likeness (QED) is 0.835. The topological polar surface area (TPSA) is 72.5 Å². The molecule has 1 saturated carbocycles. The van der Waals surface area contributed by atoms with Gasteiger partial charge in [0.2, 0.25) is 0 Å². The Balaban J connectivity index is 1.22. The molecule has 0 saturated heterocycles. The van der Waals surface area contributed by atoms with Gasteiger partial charge in [-0.3, -0.25) is 4.79 Å². The third kappa shape index (κ3) is 3.90. The maximum atomic E-state index is 12.2. The van der Waals surface area contributed by atoms with Gasteiger partial charge >= 0.3 is 0 Å². The van der Waals surface area contributed by atoms with Crippen molar-refractivity contribution in [1.29, 1.82) is 0 Å². The van der Waals surface area contributed by atoms with Gasteiger partial charge in [-0.05, 0) is 43.5 Å². The SMILES string of the molecule is O=C(NCC[C@H]1COc2ccccc2O1)c1ccc(NC2CCC2)nc1. The molecule has 0 bridgehead atoms. The molecule has 1 atom stereocenters. The Kier molecular flexibility index (Phi) is 4.91. The molecule has 2 heterocycles. The van der Waals surface area contributed by atoms with Gasteiger partial charge in [0.05, 0.1) is 5.56 Å². The van der Waals surface area contributed by atoms with E-state index in [-0.39, 0.29) is 12.0 Å². The Hall–Kier alpha value is -2.76. The monoisotopic (exact) mass is 353 g/mol. The summed E-state index contributed by atoms with van der Waals surface area (Å²) in [5, 5.41) is 6.28. The Morgan fingerprint density at radius 1 is 1.15 bits per heavy atom. The number of pyridine rings is 1. The highest BCUT2D eigenvalue weighted by molar-refractivity contribution is 5.94. The summed E-state index contributed by atoms with van der Waals surface area (Å²) in [5.41, 5.74) is 0.565. The number of nitrogens with one attached hydrogen (secondary N) is 2. The molecule has 1 aromatic carbocycles. The smallest absolute Gasteiger partial charge is 0.252 e. The maximum absolute atomic E-state index is 12.2. The minimum atomic E-state index is -0.121. The number of ether oxygens (including phenoxy) is 2. The molecule has 1 aliphatic carbocycles. The molecule has 4 rings (SSSR count). The van der Waals surface area contributed by atoms with E-state index in [0.29, 0.717) is 31.2 Å². The van der Waals surface area contributed by atoms with Gasteiger partial charge in [-0.15, -0.1) is 0 Å². The summed E-state index contributed by atoms with van der Waals surface area (Å²) < 4.78 is 11.6. The predicted octanol–water partition coefficient (Wildman–Crippen LogP) is 3.01. The van der Waals surface area contributed by atoms with Crippen LogP contribution in [0.4, 0.5) is 5.82 Å². The van der Waals surface area contributed by atoms with Crippen molar-refractivity contribution in [2.45, 2.75) is 37.8 Å². The Morgan fingerprint density at radius 3 is 2.73 bits per heavy atom. The van der Waals surface area contributed by atoms with E-state index in [9.17, 15) is 4.79 Å². The zero-order valence-electron chi connectivity index (χ0n) is 14.6. The van der Waals surface area contributed by atoms with Crippen LogP contribution < -0.4 is 20.1 Å². The fourth-order valence-electron chi connectivity index (χ4n) is 3.03. The first kappa shape index (κ1) is 16.7. The highest BCUT2D eigenvalue weighted by atomic mass is 16.6. The van der Waals surface area contributed by atoms with E-state index in [1.807, 2.05) is 30.3 Å². The lowest BCUT2D eigenvalue weighted by Crippen LogP contribution is -2.34. The van der Waals surface area contributed by atoms with Gasteiger partial charge in [0.15, 0.2) is 11.5 Å². The van der Waals surface area contributed by atoms with E-state index >= 15 is 0 Å². The molecule has 26 heavy (non-hydrogen) atoms. The summed E-state index contributed by atoms with van der Waals surface area (Å²) in [5.74, 6) is 2.24. The molecule has 1 aliphatic heterocycles. The number of anilines is 1. The van der Waals surface area contributed by atoms with Crippen molar-refractivity contribution in [2.75, 3.05) is 18.5 Å². The Labute approximate surface area is 152 Å². The summed E-state index contributed by atoms with van der Waals surface area (Å²) in [6, 6.07) is 11.8. The average Bonchev–Trinajstić information content (AvgIpc) is 2.65. The van der Waals surface area contributed by atoms with Gasteiger partial charge in [-0.25, -0.2) is 4.98 Å². The summed E-state index contributed by atoms with van der Waals surface area (Å²) in [7, 11) is 0. The van der Waals surface area contributed by atoms with Crippen molar-refractivity contribution in [1.82, 2.24) is 10.3 Å². The van der Waals surface area contributed by atoms with E-state index in [2.05, 4.69) is 15.6 Å². The number of rotatable bonds is 6. The third-order valence-corrected chi connectivity index (χ3v) is 4.80. The summed E-state index contributed by atoms with van der Waals surface area (Å²) in [6.07, 6.45) is 5.92. The molecule has 6 heteroatoms. The van der Waals surface area contributed by atoms with Crippen LogP contribution in [0.15, 0.2) is 42.6 Å². The molecule has 6 nitrogen and oxygen atoms in total. The van der Waals surface area contributed by atoms with Crippen molar-refractivity contribution in [3.8, 4) is 11.5 Å². The second kappa shape index (κ2) is 7.64. The Morgan fingerprint density at radius 2 is 2.00 bits per heavy atom. The van der Waals surface area contributed by atoms with Crippen molar-refractivity contribution in [3.05, 3.63) is 48.2 Å². The zero-order chi connectivity index (χ0) is 17.8. The highest BCUT2D eigenvalue weighted by Gasteiger charge is 2.20. The number of para-hydroxylation sites is 2. The minimum Gasteiger partial charge on any atom is -0.486 e. The van der Waals surface area contributed by atoms with Gasteiger partial charge in [0, 0.05) is 25.2 Å². The number of amides is 1. The van der Waals surface area contributed by atoms with Crippen LogP contribution in [-0.2, 0) is 0 Å². The van der Waals surface area contributed by atoms with Gasteiger partial charge in [-0.2, -0.15) is 0 Å². The number of nitrogens with zero attached hydrogens (tertiary/aromatic N) is 1. The first-order valence-corrected chi connectivity index (χ1v) is 9.17. The molecule has 2 aromatic rings. The van der Waals surface area contributed by atoms with Crippen LogP contribution >= 0.6 is 0 Å². The molecule has 2 aliphatic rings. The summed E-state index contributed by atoms with van der Waals surface area (Å²) in [6.45, 7) is 1.02. The van der Waals surface area contributed by atoms with E-state index in [1.54, 1.807) is 12.3 Å². The van der Waals surface area contributed by atoms with Crippen LogP contribution in [0.2, 0.25) is 0 Å². The van der Waals surface area contributed by atoms with Gasteiger partial charge in [-0.1, -0.05) is 12.1 Å². The van der Waals surface area contributed by atoms with E-state index in [1.165, 1.54) is 19.3 Å². The molecule has 136 valence electrons. The molecule has 0 radical (unpaired) electrons. The largest absolute Gasteiger partial charge is 0.486 e. The maximum Gasteiger partial charge on any atom is 0.252 e. The van der Waals surface area contributed by atoms with Crippen LogP contribution in [0.25, 0.3) is 0 Å². The van der Waals surface area contributed by atoms with Crippen molar-refractivity contribution < 1.29 is 14.3 Å². The first-order chi connectivity index (χ1) is 12.8. The molecule has 1 aromatic heterocycles. The fraction of sp³-hybridized carbons (Fsp3) is 0.400. The first-order valence-electron chi connectivity index (χ1n) is 9.17. The highest BCUT2D eigenvalue weighted by Crippen LogP contribution is 2.31. The summed E-state index contributed by atoms with van der Waals surface area (Å²) >= 11 is 0. The van der Waals surface area contributed by atoms with Crippen molar-refractivity contribution in [2.24, 2.45) is 0 Å². The minimum absolute atomic E-state index is 0.0580. The van der Waals surface area contributed by atoms with E-state index in [4.69, 9.17) is 9.47 Å². The standard InChI is InChI=1S/C20H23N3O3/c24-20(14-8-9-19(22-12-14)23-15-4-3-5-15)21-11-10-16-13-25-17-6-1-2-7-18(17)26-16/h1-2,6-9,12,15-16H,3-5,10-11,13H2,(H,21,24)(H,22,23)/t16-/m0/s1. The van der Waals surface area contributed by atoms with Crippen LogP contribution in [0, 0.1) is 0 Å². The lowest BCUT2D eigenvalue weighted by Gasteiger charge is -2.27. The third-order valence-electron chi connectivity index (χ3n) is 4.80. The lowest BCUT2D eigenvalue weighted by atomic mass is 9.93. The van der Waals surface area contributed by atoms with Crippen molar-refractivity contribution in [3.63, 3.8) is 0 Å². The van der Waals surface area contributed by atoms with Crippen LogP contribution in [0.1, 0.15) is 36.0 Å².